The van der Waals surface area contributed by atoms with Crippen LogP contribution in [0.3, 0.4) is 0 Å². The van der Waals surface area contributed by atoms with E-state index in [1.165, 1.54) is 34.2 Å². The molecule has 75 heteroatoms. The molecule has 21 heterocycles. The van der Waals surface area contributed by atoms with Gasteiger partial charge in [0, 0.05) is 12.4 Å². The highest BCUT2D eigenvalue weighted by Crippen LogP contribution is 2.61. The number of hydrogen-bond donors (Lipinski definition) is 15. The van der Waals surface area contributed by atoms with Crippen LogP contribution in [0.5, 0.6) is 0 Å². The molecule has 0 saturated carbocycles. The van der Waals surface area contributed by atoms with Crippen molar-refractivity contribution in [3.05, 3.63) is 93.6 Å². The second kappa shape index (κ2) is 36.5. The lowest BCUT2D eigenvalue weighted by molar-refractivity contribution is -0.140. The van der Waals surface area contributed by atoms with Gasteiger partial charge in [0.05, 0.1) is 69.4 Å². The number of nitrogen functional groups attached to an aromatic ring is 6. The van der Waals surface area contributed by atoms with E-state index < -0.39 is 244 Å². The Bertz CT molecular complexity index is 6940. The molecule has 9 aliphatic heterocycles. The van der Waals surface area contributed by atoms with Crippen molar-refractivity contribution < 1.29 is 143 Å². The van der Waals surface area contributed by atoms with Gasteiger partial charge in [-0.25, -0.2) is 66.8 Å². The van der Waals surface area contributed by atoms with Gasteiger partial charge in [-0.2, -0.15) is 28.4 Å². The zero-order valence-corrected chi connectivity index (χ0v) is 77.5. The number of aromatic nitrogens is 23. The van der Waals surface area contributed by atoms with Crippen LogP contribution < -0.4 is 51.1 Å². The molecule has 6 bridgehead atoms. The van der Waals surface area contributed by atoms with E-state index in [0.29, 0.717) is 15.5 Å². The maximum Gasteiger partial charge on any atom is 0.325 e. The molecule has 6 unspecified atom stereocenters. The van der Waals surface area contributed by atoms with E-state index in [1.807, 2.05) is 0 Å². The fourth-order valence-electron chi connectivity index (χ4n) is 15.9. The first-order chi connectivity index (χ1) is 64.3. The third-order valence-electron chi connectivity index (χ3n) is 21.9. The summed E-state index contributed by atoms with van der Waals surface area (Å²) >= 11 is 30.7. The van der Waals surface area contributed by atoms with Crippen LogP contribution in [0.4, 0.5) is 66.0 Å². The Morgan fingerprint density at radius 2 is 0.684 bits per heavy atom. The highest BCUT2D eigenvalue weighted by atomic mass is 32.5. The van der Waals surface area contributed by atoms with E-state index in [0.717, 1.165) is 39.0 Å². The third-order valence-corrected chi connectivity index (χ3v) is 31.3. The SMILES string of the molecule is Nc1nc2c(ncn2[C@@H]2O[C@@H]3COP(O)(=S)O[C@@H]4[C@@H](COP(O)(=S)O[C@@H]2[C@@H]3F)O[C@@H](n2nnc3c(N)ncnc32)C4(F)F)c(=O)[nH]1.Nc1nc2c(ncn2[C@@H]2O[C@@H]3COP(O)(=S)O[C@H]4[C@H](F)[C@H](n5ccc6c(N)ncnc65)O[C@@H]4COP(O)(=S)O[C@@H]2[C@@H]3F)c(=O)[nH]1.Nc1nc2c(ncn2[C@@H]2O[C@@H]3COP(O)(=S)O[C@H]4[C@H](F)[C@H](n5ccc6c(N)ncnc65)O[C@@H]4COP(O)(=S)O[C@@H]2[C@@H]3F)c(=O)[nH]1. The molecule has 9 aliphatic rings. The topological polar surface area (TPSA) is 752 Å². The predicted molar refractivity (Wildman–Crippen MR) is 466 cm³/mol. The number of imidazole rings is 3. The minimum atomic E-state index is -4.62. The standard InChI is InChI=1S/2C21H23F2N9O9P2S2.C19H20F3N11O9P2S2/c2*22-10-8-3-36-42(34,44)40-13-9(39-19(11(13)23)31-2-1-7-15(24)26-5-27-16(7)31)4-37-43(35,45)41-14(10)20(38-8)32-6-28-12-17(32)29-21(25)30-18(12)33;20-7-5-1-37-44(36,46)42-11-6(40-17(19(11,21)22)33-13-8(30-31-33)12(23)25-3-26-13)2-38-43(35,45)41-10(7)16(39-5)32-4-27-9-14(32)28-18(24)29-15(9)34/h2*1-2,5-6,8-11,13-14,19-20H,3-4H2,(H,34,44)(H,35,45)(H2,24,26,27)(H3,25,29,30,33);3-7,10-11,16-17H,1-2H2,(H,35,45)(H,36,46)(H2,23,25,26)(H3,24,28,29,34)/t2*8-,9-,10-,11+,13-,14-,19-,20-,42?,43?;5-,6-,7-,10-,11-,16-,17-,43?,44?/m111/s1. The minimum absolute atomic E-state index is 0.0840. The van der Waals surface area contributed by atoms with Gasteiger partial charge in [-0.3, -0.25) is 70.2 Å². The molecule has 9 fully saturated rings. The summed E-state index contributed by atoms with van der Waals surface area (Å²) < 4.78 is 218. The normalized spacial score (nSPS) is 37.3. The average molecular weight is 2150 g/mol. The summed E-state index contributed by atoms with van der Waals surface area (Å²) in [6.07, 6.45) is -29.8. The van der Waals surface area contributed by atoms with Crippen LogP contribution >= 0.6 is 40.3 Å². The van der Waals surface area contributed by atoms with E-state index in [9.17, 15) is 43.7 Å². The first-order valence-corrected chi connectivity index (χ1v) is 54.4. The van der Waals surface area contributed by atoms with Gasteiger partial charge in [-0.15, -0.1) is 5.10 Å². The summed E-state index contributed by atoms with van der Waals surface area (Å²) in [6.45, 7) is -30.9. The van der Waals surface area contributed by atoms with Gasteiger partial charge in [0.25, 0.3) is 16.7 Å². The summed E-state index contributed by atoms with van der Waals surface area (Å²) in [5.41, 5.74) is 31.9. The Hall–Kier alpha value is -7.98. The number of ether oxygens (including phenoxy) is 6. The van der Waals surface area contributed by atoms with Crippen molar-refractivity contribution in [2.45, 2.75) is 147 Å². The molecular formula is C61H66F7N29O27P6S6. The number of alkyl halides is 7. The summed E-state index contributed by atoms with van der Waals surface area (Å²) in [7, 11) is 0. The number of anilines is 6. The summed E-state index contributed by atoms with van der Waals surface area (Å²) in [5.74, 6) is -4.67. The molecule has 732 valence electrons. The largest absolute Gasteiger partial charge is 0.383 e. The highest BCUT2D eigenvalue weighted by Gasteiger charge is 2.65. The van der Waals surface area contributed by atoms with Crippen molar-refractivity contribution in [2.75, 3.05) is 74.0 Å². The van der Waals surface area contributed by atoms with Crippen LogP contribution in [0.15, 0.2) is 76.9 Å². The van der Waals surface area contributed by atoms with E-state index in [4.69, 9.17) is 188 Å². The molecule has 29 atom stereocenters. The molecule has 21 rings (SSSR count). The summed E-state index contributed by atoms with van der Waals surface area (Å²) in [5, 5.41) is 8.25. The number of hydrogen-bond acceptors (Lipinski definition) is 47. The van der Waals surface area contributed by atoms with Gasteiger partial charge in [0.1, 0.15) is 109 Å². The number of fused-ring (bicyclic) bond motifs is 15. The maximum atomic E-state index is 16.0. The van der Waals surface area contributed by atoms with Gasteiger partial charge in [-0.1, -0.05) is 5.21 Å². The molecule has 0 radical (unpaired) electrons. The Morgan fingerprint density at radius 3 is 1.05 bits per heavy atom. The smallest absolute Gasteiger partial charge is 0.325 e. The molecule has 21 N–H and O–H groups in total. The third kappa shape index (κ3) is 18.5. The predicted octanol–water partition coefficient (Wildman–Crippen LogP) is 0.439. The second-order valence-electron chi connectivity index (χ2n) is 30.4. The van der Waals surface area contributed by atoms with Crippen molar-refractivity contribution >= 4 is 213 Å². The fraction of sp³-hybridized carbons (Fsp3) is 0.492. The number of nitrogens with one attached hydrogen (secondary N) is 3. The number of aromatic amines is 3. The number of H-pyrrole nitrogens is 3. The molecule has 0 aliphatic carbocycles. The van der Waals surface area contributed by atoms with E-state index in [-0.39, 0.29) is 91.2 Å². The molecule has 0 spiro atoms. The van der Waals surface area contributed by atoms with Crippen LogP contribution in [0.1, 0.15) is 37.4 Å². The van der Waals surface area contributed by atoms with Gasteiger partial charge in [-0.05, 0) is 83.0 Å². The summed E-state index contributed by atoms with van der Waals surface area (Å²) in [6, 6.07) is 3.13. The van der Waals surface area contributed by atoms with Crippen LogP contribution in [-0.2, 0) is 154 Å². The average Bonchev–Trinajstić information content (AvgIpc) is 1.70. The van der Waals surface area contributed by atoms with Crippen molar-refractivity contribution in [1.82, 2.24) is 113 Å². The lowest BCUT2D eigenvalue weighted by atomic mass is 10.1. The number of nitrogens with two attached hydrogens (primary N) is 6. The van der Waals surface area contributed by atoms with Gasteiger partial charge >= 0.3 is 46.2 Å². The fourth-order valence-corrected chi connectivity index (χ4v) is 24.4. The monoisotopic (exact) mass is 2150 g/mol. The highest BCUT2D eigenvalue weighted by molar-refractivity contribution is 8.08. The number of nitrogens with zero attached hydrogens (tertiary/aromatic N) is 20. The van der Waals surface area contributed by atoms with Gasteiger partial charge in [0.2, 0.25) is 24.1 Å². The van der Waals surface area contributed by atoms with Gasteiger partial charge < -0.3 is 128 Å². The molecular weight excluding hydrogens is 2080 g/mol. The summed E-state index contributed by atoms with van der Waals surface area (Å²) in [4.78, 5) is 157. The second-order valence-corrected chi connectivity index (χ2v) is 47.2. The Kier molecular flexibility index (Phi) is 26.0. The van der Waals surface area contributed by atoms with E-state index in [1.54, 1.807) is 12.1 Å². The molecule has 0 amide bonds. The molecule has 9 saturated heterocycles. The molecule has 136 heavy (non-hydrogen) atoms. The molecule has 0 aromatic carbocycles. The van der Waals surface area contributed by atoms with E-state index in [2.05, 4.69) is 85.1 Å². The zero-order chi connectivity index (χ0) is 96.4. The first kappa shape index (κ1) is 96.9. The Morgan fingerprint density at radius 1 is 0.368 bits per heavy atom. The van der Waals surface area contributed by atoms with Crippen molar-refractivity contribution in [2.24, 2.45) is 0 Å². The zero-order valence-electron chi connectivity index (χ0n) is 67.2. The Balaban J connectivity index is 0.000000131. The van der Waals surface area contributed by atoms with E-state index >= 15 is 30.7 Å². The molecule has 12 aromatic heterocycles. The molecule has 56 nitrogen and oxygen atoms in total. The maximum absolute atomic E-state index is 16.0. The Labute approximate surface area is 779 Å². The molecule has 12 aromatic rings. The van der Waals surface area contributed by atoms with Crippen molar-refractivity contribution in [3.63, 3.8) is 0 Å². The van der Waals surface area contributed by atoms with Crippen molar-refractivity contribution in [1.29, 1.82) is 0 Å². The number of halogens is 7. The van der Waals surface area contributed by atoms with Gasteiger partial charge in [0.15, 0.2) is 119 Å². The lowest BCUT2D eigenvalue weighted by Gasteiger charge is -2.28. The quantitative estimate of drug-likeness (QED) is 0.0793. The van der Waals surface area contributed by atoms with Crippen LogP contribution in [0, 0.1) is 0 Å². The van der Waals surface area contributed by atoms with Crippen LogP contribution in [0.2, 0.25) is 0 Å². The first-order valence-electron chi connectivity index (χ1n) is 38.9. The minimum Gasteiger partial charge on any atom is -0.383 e. The van der Waals surface area contributed by atoms with Crippen LogP contribution in [-0.4, -0.2) is 292 Å². The van der Waals surface area contributed by atoms with Crippen LogP contribution in [0.25, 0.3) is 66.7 Å². The number of rotatable bonds is 6. The lowest BCUT2D eigenvalue weighted by Crippen LogP contribution is -2.41. The van der Waals surface area contributed by atoms with Crippen molar-refractivity contribution in [3.8, 4) is 0 Å².